The fourth-order valence-electron chi connectivity index (χ4n) is 2.99. The van der Waals surface area contributed by atoms with E-state index in [1.807, 2.05) is 0 Å². The van der Waals surface area contributed by atoms with Crippen molar-refractivity contribution in [3.05, 3.63) is 34.2 Å². The lowest BCUT2D eigenvalue weighted by Gasteiger charge is -2.33. The van der Waals surface area contributed by atoms with E-state index in [-0.39, 0.29) is 30.6 Å². The van der Waals surface area contributed by atoms with E-state index in [4.69, 9.17) is 23.2 Å². The highest BCUT2D eigenvalue weighted by Gasteiger charge is 2.49. The molecule has 2 aliphatic rings. The zero-order chi connectivity index (χ0) is 16.9. The van der Waals surface area contributed by atoms with E-state index in [0.717, 1.165) is 12.8 Å². The second-order valence-electron chi connectivity index (χ2n) is 6.31. The number of hydrogen-bond donors (Lipinski definition) is 2. The molecule has 0 bridgehead atoms. The second-order valence-corrected chi connectivity index (χ2v) is 7.16. The number of nitrogens with zero attached hydrogens (tertiary/aromatic N) is 3. The first-order valence-corrected chi connectivity index (χ1v) is 8.36. The van der Waals surface area contributed by atoms with Crippen LogP contribution in [0.1, 0.15) is 18.5 Å². The Labute approximate surface area is 147 Å². The van der Waals surface area contributed by atoms with Gasteiger partial charge < -0.3 is 19.9 Å². The zero-order valence-corrected chi connectivity index (χ0v) is 14.2. The minimum absolute atomic E-state index is 0.0835. The molecule has 24 heavy (non-hydrogen) atoms. The zero-order valence-electron chi connectivity index (χ0n) is 12.7. The molecule has 9 heteroatoms. The molecule has 0 radical (unpaired) electrons. The standard InChI is InChI=1S/C15H15Cl2N5O2/c16-9-3-11(17)13-19-10(6-21(13)5-9)4-18-14(24)22-7-12(23)20-15(8-22)1-2-15/h3,5-6H,1-2,4,7-8H2,(H,18,24)(H,20,23). The highest BCUT2D eigenvalue weighted by atomic mass is 35.5. The monoisotopic (exact) mass is 367 g/mol. The summed E-state index contributed by atoms with van der Waals surface area (Å²) in [6.07, 6.45) is 5.31. The number of carbonyl (C=O) groups excluding carboxylic acids is 2. The molecule has 1 saturated carbocycles. The summed E-state index contributed by atoms with van der Waals surface area (Å²) in [6.45, 7) is 0.886. The highest BCUT2D eigenvalue weighted by Crippen LogP contribution is 2.37. The van der Waals surface area contributed by atoms with Gasteiger partial charge in [-0.2, -0.15) is 0 Å². The van der Waals surface area contributed by atoms with Crippen LogP contribution >= 0.6 is 23.2 Å². The number of fused-ring (bicyclic) bond motifs is 1. The summed E-state index contributed by atoms with van der Waals surface area (Å²) in [6, 6.07) is 1.35. The lowest BCUT2D eigenvalue weighted by Crippen LogP contribution is -2.59. The lowest BCUT2D eigenvalue weighted by atomic mass is 10.2. The molecular formula is C15H15Cl2N5O2. The quantitative estimate of drug-likeness (QED) is 0.849. The molecule has 3 heterocycles. The average Bonchev–Trinajstić information content (AvgIpc) is 3.10. The van der Waals surface area contributed by atoms with Crippen LogP contribution in [0.15, 0.2) is 18.5 Å². The maximum absolute atomic E-state index is 12.3. The first-order chi connectivity index (χ1) is 11.4. The van der Waals surface area contributed by atoms with E-state index in [1.54, 1.807) is 27.8 Å². The maximum Gasteiger partial charge on any atom is 0.318 e. The van der Waals surface area contributed by atoms with Gasteiger partial charge in [-0.1, -0.05) is 23.2 Å². The summed E-state index contributed by atoms with van der Waals surface area (Å²) in [5.41, 5.74) is 1.05. The van der Waals surface area contributed by atoms with E-state index in [2.05, 4.69) is 15.6 Å². The molecule has 0 aromatic carbocycles. The molecule has 2 aromatic heterocycles. The van der Waals surface area contributed by atoms with Crippen LogP contribution in [0.25, 0.3) is 5.65 Å². The van der Waals surface area contributed by atoms with Gasteiger partial charge in [-0.15, -0.1) is 0 Å². The molecule has 3 amide bonds. The number of rotatable bonds is 2. The molecular weight excluding hydrogens is 353 g/mol. The Morgan fingerprint density at radius 2 is 2.17 bits per heavy atom. The van der Waals surface area contributed by atoms with Crippen molar-refractivity contribution >= 4 is 40.8 Å². The number of aromatic nitrogens is 2. The molecule has 126 valence electrons. The normalized spacial score (nSPS) is 18.8. The summed E-state index contributed by atoms with van der Waals surface area (Å²) in [4.78, 5) is 30.0. The van der Waals surface area contributed by atoms with Crippen LogP contribution in [0, 0.1) is 0 Å². The van der Waals surface area contributed by atoms with Crippen molar-refractivity contribution in [2.24, 2.45) is 0 Å². The minimum atomic E-state index is -0.266. The third kappa shape index (κ3) is 2.89. The van der Waals surface area contributed by atoms with Gasteiger partial charge in [0.05, 0.1) is 27.8 Å². The summed E-state index contributed by atoms with van der Waals surface area (Å²) in [7, 11) is 0. The van der Waals surface area contributed by atoms with Crippen molar-refractivity contribution in [1.29, 1.82) is 0 Å². The lowest BCUT2D eigenvalue weighted by molar-refractivity contribution is -0.125. The molecule has 2 N–H and O–H groups in total. The van der Waals surface area contributed by atoms with Crippen molar-refractivity contribution in [3.8, 4) is 0 Å². The van der Waals surface area contributed by atoms with Gasteiger partial charge in [0.2, 0.25) is 5.91 Å². The first-order valence-electron chi connectivity index (χ1n) is 7.61. The molecule has 0 atom stereocenters. The summed E-state index contributed by atoms with van der Waals surface area (Å²) in [5.74, 6) is -0.108. The predicted molar refractivity (Wildman–Crippen MR) is 89.1 cm³/mol. The average molecular weight is 368 g/mol. The van der Waals surface area contributed by atoms with E-state index in [1.165, 1.54) is 0 Å². The van der Waals surface area contributed by atoms with Crippen LogP contribution in [0.4, 0.5) is 4.79 Å². The van der Waals surface area contributed by atoms with Gasteiger partial charge in [-0.05, 0) is 18.9 Å². The maximum atomic E-state index is 12.3. The van der Waals surface area contributed by atoms with E-state index in [0.29, 0.717) is 27.9 Å². The Morgan fingerprint density at radius 3 is 2.92 bits per heavy atom. The summed E-state index contributed by atoms with van der Waals surface area (Å²) < 4.78 is 1.72. The number of imidazole rings is 1. The van der Waals surface area contributed by atoms with Gasteiger partial charge in [-0.25, -0.2) is 9.78 Å². The fraction of sp³-hybridized carbons (Fsp3) is 0.400. The molecule has 2 aromatic rings. The fourth-order valence-corrected chi connectivity index (χ4v) is 3.51. The molecule has 1 spiro atoms. The number of nitrogens with one attached hydrogen (secondary N) is 2. The van der Waals surface area contributed by atoms with E-state index < -0.39 is 0 Å². The van der Waals surface area contributed by atoms with Crippen LogP contribution in [0.3, 0.4) is 0 Å². The number of urea groups is 1. The highest BCUT2D eigenvalue weighted by molar-refractivity contribution is 6.36. The van der Waals surface area contributed by atoms with E-state index in [9.17, 15) is 9.59 Å². The van der Waals surface area contributed by atoms with Gasteiger partial charge in [0, 0.05) is 18.9 Å². The molecule has 1 aliphatic carbocycles. The first kappa shape index (κ1) is 15.5. The van der Waals surface area contributed by atoms with Crippen molar-refractivity contribution in [3.63, 3.8) is 0 Å². The van der Waals surface area contributed by atoms with Crippen molar-refractivity contribution < 1.29 is 9.59 Å². The second kappa shape index (κ2) is 5.53. The van der Waals surface area contributed by atoms with Gasteiger partial charge in [0.15, 0.2) is 5.65 Å². The van der Waals surface area contributed by atoms with Crippen LogP contribution in [0.5, 0.6) is 0 Å². The van der Waals surface area contributed by atoms with Crippen LogP contribution < -0.4 is 10.6 Å². The Morgan fingerprint density at radius 1 is 1.38 bits per heavy atom. The SMILES string of the molecule is O=C1CN(C(=O)NCc2cn3cc(Cl)cc(Cl)c3n2)CC2(CC2)N1. The van der Waals surface area contributed by atoms with E-state index >= 15 is 0 Å². The van der Waals surface area contributed by atoms with Crippen molar-refractivity contribution in [2.45, 2.75) is 24.9 Å². The minimum Gasteiger partial charge on any atom is -0.347 e. The van der Waals surface area contributed by atoms with Crippen LogP contribution in [-0.4, -0.2) is 44.9 Å². The number of piperazine rings is 1. The Kier molecular flexibility index (Phi) is 3.58. The van der Waals surface area contributed by atoms with Gasteiger partial charge in [0.25, 0.3) is 0 Å². The smallest absolute Gasteiger partial charge is 0.318 e. The third-order valence-corrected chi connectivity index (χ3v) is 4.80. The summed E-state index contributed by atoms with van der Waals surface area (Å²) >= 11 is 12.1. The molecule has 7 nitrogen and oxygen atoms in total. The van der Waals surface area contributed by atoms with Gasteiger partial charge >= 0.3 is 6.03 Å². The van der Waals surface area contributed by atoms with Crippen LogP contribution in [-0.2, 0) is 11.3 Å². The number of carbonyl (C=O) groups is 2. The molecule has 1 saturated heterocycles. The van der Waals surface area contributed by atoms with Crippen molar-refractivity contribution in [2.75, 3.05) is 13.1 Å². The molecule has 2 fully saturated rings. The Bertz CT molecular complexity index is 846. The van der Waals surface area contributed by atoms with Gasteiger partial charge in [0.1, 0.15) is 6.54 Å². The van der Waals surface area contributed by atoms with Crippen molar-refractivity contribution in [1.82, 2.24) is 24.9 Å². The molecule has 4 rings (SSSR count). The van der Waals surface area contributed by atoms with Gasteiger partial charge in [-0.3, -0.25) is 4.79 Å². The molecule has 1 aliphatic heterocycles. The topological polar surface area (TPSA) is 78.7 Å². The molecule has 0 unspecified atom stereocenters. The Balaban J connectivity index is 1.44. The number of hydrogen-bond acceptors (Lipinski definition) is 3. The third-order valence-electron chi connectivity index (χ3n) is 4.32. The van der Waals surface area contributed by atoms with Crippen LogP contribution in [0.2, 0.25) is 10.0 Å². The number of pyridine rings is 1. The Hall–Kier alpha value is -1.99. The largest absolute Gasteiger partial charge is 0.347 e. The predicted octanol–water partition coefficient (Wildman–Crippen LogP) is 1.82. The number of halogens is 2. The summed E-state index contributed by atoms with van der Waals surface area (Å²) in [5, 5.41) is 6.71. The number of amides is 3.